The molecule has 4 amide bonds. The molecule has 0 radical (unpaired) electrons. The summed E-state index contributed by atoms with van der Waals surface area (Å²) >= 11 is 0. The summed E-state index contributed by atoms with van der Waals surface area (Å²) in [4.78, 5) is 37.1. The number of imide groups is 2. The molecule has 2 fully saturated rings. The Morgan fingerprint density at radius 1 is 1.41 bits per heavy atom. The Bertz CT molecular complexity index is 337. The van der Waals surface area contributed by atoms with E-state index in [4.69, 9.17) is 4.74 Å². The van der Waals surface area contributed by atoms with E-state index in [2.05, 4.69) is 10.2 Å². The number of carbonyl (C=O) groups is 3. The van der Waals surface area contributed by atoms with Crippen molar-refractivity contribution in [3.8, 4) is 0 Å². The Balaban J connectivity index is 1.95. The fourth-order valence-electron chi connectivity index (χ4n) is 1.94. The van der Waals surface area contributed by atoms with Crippen LogP contribution in [0.25, 0.3) is 0 Å². The van der Waals surface area contributed by atoms with Crippen LogP contribution in [-0.4, -0.2) is 67.0 Å². The van der Waals surface area contributed by atoms with Crippen molar-refractivity contribution >= 4 is 17.8 Å². The Kier molecular flexibility index (Phi) is 3.39. The van der Waals surface area contributed by atoms with Gasteiger partial charge in [0, 0.05) is 13.1 Å². The van der Waals surface area contributed by atoms with Gasteiger partial charge in [0.25, 0.3) is 0 Å². The van der Waals surface area contributed by atoms with Gasteiger partial charge < -0.3 is 9.64 Å². The highest BCUT2D eigenvalue weighted by molar-refractivity contribution is 6.14. The van der Waals surface area contributed by atoms with Crippen LogP contribution >= 0.6 is 0 Å². The lowest BCUT2D eigenvalue weighted by Crippen LogP contribution is -2.56. The average Bonchev–Trinajstić information content (AvgIpc) is 2.23. The van der Waals surface area contributed by atoms with Gasteiger partial charge in [-0.15, -0.1) is 0 Å². The first-order chi connectivity index (χ1) is 8.06. The minimum Gasteiger partial charge on any atom is -0.374 e. The van der Waals surface area contributed by atoms with Crippen LogP contribution in [0.1, 0.15) is 6.42 Å². The van der Waals surface area contributed by atoms with Crippen molar-refractivity contribution in [3.63, 3.8) is 0 Å². The third-order valence-electron chi connectivity index (χ3n) is 2.83. The number of ether oxygens (including phenoxy) is 1. The van der Waals surface area contributed by atoms with Gasteiger partial charge in [-0.1, -0.05) is 0 Å². The van der Waals surface area contributed by atoms with E-state index in [0.29, 0.717) is 13.2 Å². The minimum atomic E-state index is -0.650. The predicted octanol–water partition coefficient (Wildman–Crippen LogP) is -1.21. The van der Waals surface area contributed by atoms with Gasteiger partial charge in [-0.3, -0.25) is 19.8 Å². The number of nitrogens with zero attached hydrogens (tertiary/aromatic N) is 2. The molecule has 17 heavy (non-hydrogen) atoms. The number of morpholine rings is 1. The first-order valence-corrected chi connectivity index (χ1v) is 5.50. The third kappa shape index (κ3) is 2.80. The highest BCUT2D eigenvalue weighted by atomic mass is 16.5. The van der Waals surface area contributed by atoms with Crippen LogP contribution in [0.3, 0.4) is 0 Å². The van der Waals surface area contributed by atoms with Crippen LogP contribution in [-0.2, 0) is 14.3 Å². The summed E-state index contributed by atoms with van der Waals surface area (Å²) in [5.41, 5.74) is 0. The number of hydrogen-bond donors (Lipinski definition) is 1. The number of rotatable bonds is 2. The molecule has 0 spiro atoms. The topological polar surface area (TPSA) is 79.0 Å². The molecule has 94 valence electrons. The minimum absolute atomic E-state index is 0.184. The molecule has 0 aliphatic carbocycles. The number of carbonyl (C=O) groups excluding carboxylic acids is 3. The molecular weight excluding hydrogens is 226 g/mol. The Labute approximate surface area is 98.7 Å². The Morgan fingerprint density at radius 2 is 2.18 bits per heavy atom. The summed E-state index contributed by atoms with van der Waals surface area (Å²) in [6.45, 7) is 2.30. The standard InChI is InChI=1S/C10H15N3O4/c1-12-2-3-17-7(5-12)6-13-9(15)4-8(14)11-10(13)16/h7H,2-6H2,1H3,(H,11,14,16). The molecule has 7 nitrogen and oxygen atoms in total. The van der Waals surface area contributed by atoms with Gasteiger partial charge in [-0.05, 0) is 7.05 Å². The van der Waals surface area contributed by atoms with E-state index in [1.165, 1.54) is 0 Å². The van der Waals surface area contributed by atoms with Crippen LogP contribution in [0.5, 0.6) is 0 Å². The van der Waals surface area contributed by atoms with Crippen LogP contribution < -0.4 is 5.32 Å². The Hall–Kier alpha value is -1.47. The molecule has 0 saturated carbocycles. The van der Waals surface area contributed by atoms with E-state index in [9.17, 15) is 14.4 Å². The monoisotopic (exact) mass is 241 g/mol. The molecule has 2 aliphatic heterocycles. The summed E-state index contributed by atoms with van der Waals surface area (Å²) in [6.07, 6.45) is -0.453. The smallest absolute Gasteiger partial charge is 0.330 e. The number of hydrogen-bond acceptors (Lipinski definition) is 5. The molecule has 2 aliphatic rings. The number of amides is 4. The van der Waals surface area contributed by atoms with Gasteiger partial charge >= 0.3 is 6.03 Å². The van der Waals surface area contributed by atoms with E-state index in [-0.39, 0.29) is 19.1 Å². The summed E-state index contributed by atoms with van der Waals surface area (Å²) in [6, 6.07) is -0.650. The van der Waals surface area contributed by atoms with Crippen LogP contribution in [0.4, 0.5) is 4.79 Å². The summed E-state index contributed by atoms with van der Waals surface area (Å²) in [5.74, 6) is -1.01. The predicted molar refractivity (Wildman–Crippen MR) is 57.1 cm³/mol. The number of likely N-dealkylation sites (N-methyl/N-ethyl adjacent to an activating group) is 1. The number of nitrogens with one attached hydrogen (secondary N) is 1. The lowest BCUT2D eigenvalue weighted by molar-refractivity contribution is -0.138. The lowest BCUT2D eigenvalue weighted by atomic mass is 10.2. The zero-order valence-corrected chi connectivity index (χ0v) is 9.64. The summed E-state index contributed by atoms with van der Waals surface area (Å²) in [5, 5.41) is 2.12. The molecule has 0 aromatic heterocycles. The maximum atomic E-state index is 11.5. The first-order valence-electron chi connectivity index (χ1n) is 5.50. The second-order valence-corrected chi connectivity index (χ2v) is 4.29. The van der Waals surface area contributed by atoms with Gasteiger partial charge in [0.15, 0.2) is 0 Å². The van der Waals surface area contributed by atoms with E-state index in [0.717, 1.165) is 11.4 Å². The highest BCUT2D eigenvalue weighted by Crippen LogP contribution is 2.09. The van der Waals surface area contributed by atoms with E-state index in [1.807, 2.05) is 7.05 Å². The molecule has 0 aromatic rings. The summed E-state index contributed by atoms with van der Waals surface area (Å²) < 4.78 is 5.47. The molecule has 2 heterocycles. The van der Waals surface area contributed by atoms with E-state index < -0.39 is 17.8 Å². The van der Waals surface area contributed by atoms with E-state index in [1.54, 1.807) is 0 Å². The van der Waals surface area contributed by atoms with Crippen molar-refractivity contribution in [1.29, 1.82) is 0 Å². The maximum absolute atomic E-state index is 11.5. The molecule has 2 rings (SSSR count). The van der Waals surface area contributed by atoms with Gasteiger partial charge in [0.2, 0.25) is 11.8 Å². The molecule has 1 unspecified atom stereocenters. The average molecular weight is 241 g/mol. The van der Waals surface area contributed by atoms with Gasteiger partial charge in [0.05, 0.1) is 19.3 Å². The third-order valence-corrected chi connectivity index (χ3v) is 2.83. The van der Waals surface area contributed by atoms with Crippen molar-refractivity contribution in [2.24, 2.45) is 0 Å². The number of urea groups is 1. The van der Waals surface area contributed by atoms with Crippen molar-refractivity contribution in [1.82, 2.24) is 15.1 Å². The van der Waals surface area contributed by atoms with Crippen molar-refractivity contribution in [2.75, 3.05) is 33.3 Å². The van der Waals surface area contributed by atoms with Gasteiger partial charge in [-0.2, -0.15) is 0 Å². The number of barbiturate groups is 1. The molecule has 7 heteroatoms. The molecule has 2 saturated heterocycles. The lowest BCUT2D eigenvalue weighted by Gasteiger charge is -2.34. The van der Waals surface area contributed by atoms with Crippen molar-refractivity contribution in [3.05, 3.63) is 0 Å². The van der Waals surface area contributed by atoms with Crippen molar-refractivity contribution in [2.45, 2.75) is 12.5 Å². The second-order valence-electron chi connectivity index (χ2n) is 4.29. The first kappa shape index (κ1) is 12.0. The fraction of sp³-hybridized carbons (Fsp3) is 0.700. The largest absolute Gasteiger partial charge is 0.374 e. The maximum Gasteiger partial charge on any atom is 0.330 e. The molecule has 1 N–H and O–H groups in total. The summed E-state index contributed by atoms with van der Waals surface area (Å²) in [7, 11) is 1.96. The van der Waals surface area contributed by atoms with Gasteiger partial charge in [0.1, 0.15) is 6.42 Å². The van der Waals surface area contributed by atoms with Crippen molar-refractivity contribution < 1.29 is 19.1 Å². The molecule has 1 atom stereocenters. The van der Waals surface area contributed by atoms with Crippen LogP contribution in [0.15, 0.2) is 0 Å². The Morgan fingerprint density at radius 3 is 2.82 bits per heavy atom. The molecule has 0 aromatic carbocycles. The fourth-order valence-corrected chi connectivity index (χ4v) is 1.94. The zero-order valence-electron chi connectivity index (χ0n) is 9.64. The van der Waals surface area contributed by atoms with E-state index >= 15 is 0 Å². The van der Waals surface area contributed by atoms with Crippen LogP contribution in [0, 0.1) is 0 Å². The quantitative estimate of drug-likeness (QED) is 0.613. The molecule has 0 bridgehead atoms. The normalized spacial score (nSPS) is 27.2. The highest BCUT2D eigenvalue weighted by Gasteiger charge is 2.33. The second kappa shape index (κ2) is 4.80. The molecular formula is C10H15N3O4. The zero-order chi connectivity index (χ0) is 12.4. The van der Waals surface area contributed by atoms with Crippen LogP contribution in [0.2, 0.25) is 0 Å². The van der Waals surface area contributed by atoms with Gasteiger partial charge in [-0.25, -0.2) is 4.79 Å². The SMILES string of the molecule is CN1CCOC(CN2C(=O)CC(=O)NC2=O)C1.